The maximum Gasteiger partial charge on any atom is 0.318 e. The Morgan fingerprint density at radius 2 is 2.11 bits per heavy atom. The van der Waals surface area contributed by atoms with Gasteiger partial charge in [0.05, 0.1) is 24.9 Å². The van der Waals surface area contributed by atoms with Crippen LogP contribution in [-0.4, -0.2) is 65.2 Å². The molecular weight excluding hydrogens is 456 g/mol. The van der Waals surface area contributed by atoms with Crippen LogP contribution >= 0.6 is 11.3 Å². The number of thiophene rings is 1. The summed E-state index contributed by atoms with van der Waals surface area (Å²) in [5, 5.41) is 3.09. The summed E-state index contributed by atoms with van der Waals surface area (Å²) in [5.74, 6) is 0. The predicted molar refractivity (Wildman–Crippen MR) is 140 cm³/mol. The first-order valence-electron chi connectivity index (χ1n) is 12.9. The monoisotopic (exact) mass is 490 g/mol. The van der Waals surface area contributed by atoms with E-state index in [2.05, 4.69) is 45.5 Å². The fraction of sp³-hybridized carbons (Fsp3) is 0.500. The highest BCUT2D eigenvalue weighted by Crippen LogP contribution is 2.43. The molecule has 184 valence electrons. The summed E-state index contributed by atoms with van der Waals surface area (Å²) in [5.41, 5.74) is 6.37. The van der Waals surface area contributed by atoms with Crippen molar-refractivity contribution < 1.29 is 9.53 Å². The summed E-state index contributed by atoms with van der Waals surface area (Å²) in [4.78, 5) is 24.9. The van der Waals surface area contributed by atoms with Crippen molar-refractivity contribution in [3.63, 3.8) is 0 Å². The van der Waals surface area contributed by atoms with Gasteiger partial charge in [0.15, 0.2) is 0 Å². The van der Waals surface area contributed by atoms with E-state index in [9.17, 15) is 4.79 Å². The van der Waals surface area contributed by atoms with E-state index in [4.69, 9.17) is 9.72 Å². The summed E-state index contributed by atoms with van der Waals surface area (Å²) in [6.07, 6.45) is 10.7. The molecule has 2 amide bonds. The lowest BCUT2D eigenvalue weighted by Gasteiger charge is -2.35. The van der Waals surface area contributed by atoms with E-state index in [1.165, 1.54) is 37.7 Å². The Balaban J connectivity index is 1.21. The van der Waals surface area contributed by atoms with Gasteiger partial charge in [-0.05, 0) is 62.5 Å². The van der Waals surface area contributed by atoms with Gasteiger partial charge in [-0.15, -0.1) is 11.3 Å². The number of carbonyl (C=O) groups excluding carboxylic acids is 1. The Morgan fingerprint density at radius 1 is 1.26 bits per heavy atom. The topological polar surface area (TPSA) is 57.7 Å². The van der Waals surface area contributed by atoms with Gasteiger partial charge in [-0.1, -0.05) is 12.2 Å². The van der Waals surface area contributed by atoms with Crippen molar-refractivity contribution >= 4 is 22.9 Å². The van der Waals surface area contributed by atoms with Crippen LogP contribution in [-0.2, 0) is 17.7 Å². The van der Waals surface area contributed by atoms with E-state index in [1.807, 2.05) is 31.4 Å². The van der Waals surface area contributed by atoms with Crippen LogP contribution < -0.4 is 5.32 Å². The molecular formula is C28H34N4O2S. The number of fused-ring (bicyclic) bond motifs is 3. The SMILES string of the molecule is CC(C)NC(=O)N1C2C=C(C3=CCc4ncc(-c5ccc(CN6CCOCC6)s5)cc43)CC1CC2. The average molecular weight is 491 g/mol. The zero-order chi connectivity index (χ0) is 23.9. The molecule has 1 aliphatic carbocycles. The van der Waals surface area contributed by atoms with E-state index in [-0.39, 0.29) is 18.1 Å². The highest BCUT2D eigenvalue weighted by atomic mass is 32.1. The standard InChI is InChI=1S/C28H34N4O2S/c1-18(2)30-28(33)32-21-3-4-22(32)14-19(13-21)24-6-7-26-25(24)15-20(16-29-26)27-8-5-23(35-27)17-31-9-11-34-12-10-31/h5-6,8,13,15-16,18,21-22H,3-4,7,9-12,14,17H2,1-2H3,(H,30,33). The summed E-state index contributed by atoms with van der Waals surface area (Å²) in [7, 11) is 0. The quantitative estimate of drug-likeness (QED) is 0.650. The lowest BCUT2D eigenvalue weighted by Crippen LogP contribution is -2.50. The molecule has 0 saturated carbocycles. The maximum atomic E-state index is 12.8. The number of hydrogen-bond donors (Lipinski definition) is 1. The second-order valence-corrected chi connectivity index (χ2v) is 11.6. The van der Waals surface area contributed by atoms with Crippen molar-refractivity contribution in [1.82, 2.24) is 20.1 Å². The molecule has 2 unspecified atom stereocenters. The van der Waals surface area contributed by atoms with Crippen LogP contribution in [0.1, 0.15) is 49.2 Å². The number of nitrogens with zero attached hydrogens (tertiary/aromatic N) is 3. The first-order valence-corrected chi connectivity index (χ1v) is 13.8. The minimum atomic E-state index is 0.0816. The third kappa shape index (κ3) is 4.57. The summed E-state index contributed by atoms with van der Waals surface area (Å²) >= 11 is 1.87. The number of nitrogens with one attached hydrogen (secondary N) is 1. The molecule has 35 heavy (non-hydrogen) atoms. The number of pyridine rings is 1. The van der Waals surface area contributed by atoms with Gasteiger partial charge in [0, 0.05) is 65.2 Å². The van der Waals surface area contributed by atoms with Gasteiger partial charge in [0.25, 0.3) is 0 Å². The second-order valence-electron chi connectivity index (χ2n) is 10.4. The maximum absolute atomic E-state index is 12.8. The third-order valence-corrected chi connectivity index (χ3v) is 8.70. The molecule has 2 saturated heterocycles. The van der Waals surface area contributed by atoms with Gasteiger partial charge in [0.2, 0.25) is 0 Å². The molecule has 2 bridgehead atoms. The molecule has 7 heteroatoms. The Bertz CT molecular complexity index is 1180. The first kappa shape index (κ1) is 23.0. The zero-order valence-electron chi connectivity index (χ0n) is 20.6. The highest BCUT2D eigenvalue weighted by molar-refractivity contribution is 7.15. The van der Waals surface area contributed by atoms with Crippen LogP contribution in [0.15, 0.2) is 42.1 Å². The van der Waals surface area contributed by atoms with Crippen LogP contribution in [0.3, 0.4) is 0 Å². The molecule has 2 aromatic heterocycles. The number of aromatic nitrogens is 1. The molecule has 0 radical (unpaired) electrons. The van der Waals surface area contributed by atoms with Gasteiger partial charge >= 0.3 is 6.03 Å². The zero-order valence-corrected chi connectivity index (χ0v) is 21.4. The second kappa shape index (κ2) is 9.52. The van der Waals surface area contributed by atoms with Gasteiger partial charge < -0.3 is 15.0 Å². The van der Waals surface area contributed by atoms with Gasteiger partial charge in [-0.3, -0.25) is 9.88 Å². The van der Waals surface area contributed by atoms with Gasteiger partial charge in [0.1, 0.15) is 0 Å². The van der Waals surface area contributed by atoms with Crippen molar-refractivity contribution in [1.29, 1.82) is 0 Å². The van der Waals surface area contributed by atoms with E-state index < -0.39 is 0 Å². The average Bonchev–Trinajstić information content (AvgIpc) is 3.55. The Morgan fingerprint density at radius 3 is 2.91 bits per heavy atom. The van der Waals surface area contributed by atoms with Gasteiger partial charge in [-0.25, -0.2) is 4.79 Å². The Hall–Kier alpha value is -2.48. The molecule has 0 spiro atoms. The molecule has 1 N–H and O–H groups in total. The molecule has 4 aliphatic rings. The van der Waals surface area contributed by atoms with Crippen molar-refractivity contribution in [2.45, 2.75) is 64.2 Å². The van der Waals surface area contributed by atoms with E-state index >= 15 is 0 Å². The van der Waals surface area contributed by atoms with Crippen molar-refractivity contribution in [2.75, 3.05) is 26.3 Å². The first-order chi connectivity index (χ1) is 17.0. The van der Waals surface area contributed by atoms with E-state index in [1.54, 1.807) is 0 Å². The number of urea groups is 1. The number of hydrogen-bond acceptors (Lipinski definition) is 5. The van der Waals surface area contributed by atoms with Crippen LogP contribution in [0.5, 0.6) is 0 Å². The predicted octanol–water partition coefficient (Wildman–Crippen LogP) is 4.86. The number of morpholine rings is 1. The van der Waals surface area contributed by atoms with E-state index in [0.29, 0.717) is 6.04 Å². The highest BCUT2D eigenvalue weighted by Gasteiger charge is 2.40. The fourth-order valence-corrected chi connectivity index (χ4v) is 6.93. The molecule has 6 nitrogen and oxygen atoms in total. The largest absolute Gasteiger partial charge is 0.379 e. The molecule has 2 atom stereocenters. The molecule has 2 aromatic rings. The van der Waals surface area contributed by atoms with Gasteiger partial charge in [-0.2, -0.15) is 0 Å². The smallest absolute Gasteiger partial charge is 0.318 e. The normalized spacial score (nSPS) is 23.9. The van der Waals surface area contributed by atoms with Crippen LogP contribution in [0.2, 0.25) is 0 Å². The molecule has 3 aliphatic heterocycles. The summed E-state index contributed by atoms with van der Waals surface area (Å²) in [6.45, 7) is 8.72. The third-order valence-electron chi connectivity index (χ3n) is 7.58. The van der Waals surface area contributed by atoms with Crippen molar-refractivity contribution in [3.8, 4) is 10.4 Å². The molecule has 0 aromatic carbocycles. The Labute approximate surface area is 211 Å². The lowest BCUT2D eigenvalue weighted by atomic mass is 9.91. The van der Waals surface area contributed by atoms with Crippen LogP contribution in [0, 0.1) is 0 Å². The molecule has 2 fully saturated rings. The van der Waals surface area contributed by atoms with E-state index in [0.717, 1.165) is 58.5 Å². The number of carbonyl (C=O) groups is 1. The number of amides is 2. The molecule has 5 heterocycles. The fourth-order valence-electron chi connectivity index (χ4n) is 5.90. The minimum absolute atomic E-state index is 0.0816. The number of rotatable bonds is 5. The van der Waals surface area contributed by atoms with Crippen molar-refractivity contribution in [3.05, 3.63) is 58.3 Å². The minimum Gasteiger partial charge on any atom is -0.379 e. The summed E-state index contributed by atoms with van der Waals surface area (Å²) in [6, 6.07) is 7.58. The Kier molecular flexibility index (Phi) is 6.25. The number of ether oxygens (including phenoxy) is 1. The molecule has 6 rings (SSSR count). The lowest BCUT2D eigenvalue weighted by molar-refractivity contribution is 0.0346. The van der Waals surface area contributed by atoms with Crippen LogP contribution in [0.25, 0.3) is 16.0 Å². The summed E-state index contributed by atoms with van der Waals surface area (Å²) < 4.78 is 5.49. The number of allylic oxidation sites excluding steroid dienone is 2. The van der Waals surface area contributed by atoms with Crippen molar-refractivity contribution in [2.24, 2.45) is 0 Å². The van der Waals surface area contributed by atoms with Crippen LogP contribution in [0.4, 0.5) is 4.79 Å².